The molecule has 214 valence electrons. The number of nitrogens with two attached hydrogens (primary N) is 1. The number of primary amides is 1. The number of rotatable bonds is 12. The zero-order chi connectivity index (χ0) is 29.4. The summed E-state index contributed by atoms with van der Waals surface area (Å²) in [5.74, 6) is -1.30. The first-order chi connectivity index (χ1) is 18.9. The Morgan fingerprint density at radius 3 is 2.38 bits per heavy atom. The van der Waals surface area contributed by atoms with Gasteiger partial charge in [-0.15, -0.1) is 0 Å². The van der Waals surface area contributed by atoms with E-state index >= 15 is 0 Å². The second-order valence-corrected chi connectivity index (χ2v) is 11.2. The van der Waals surface area contributed by atoms with Crippen LogP contribution in [0.15, 0.2) is 61.2 Å². The summed E-state index contributed by atoms with van der Waals surface area (Å²) in [5, 5.41) is 5.61. The van der Waals surface area contributed by atoms with Gasteiger partial charge in [0.2, 0.25) is 17.7 Å². The lowest BCUT2D eigenvalue weighted by Crippen LogP contribution is -2.54. The molecule has 0 spiro atoms. The Morgan fingerprint density at radius 1 is 1.12 bits per heavy atom. The van der Waals surface area contributed by atoms with Crippen molar-refractivity contribution in [1.82, 2.24) is 15.5 Å². The van der Waals surface area contributed by atoms with E-state index in [0.29, 0.717) is 12.0 Å². The van der Waals surface area contributed by atoms with Gasteiger partial charge in [-0.3, -0.25) is 14.4 Å². The molecule has 1 aliphatic carbocycles. The highest BCUT2D eigenvalue weighted by Crippen LogP contribution is 2.41. The Bertz CT molecular complexity index is 1220. The summed E-state index contributed by atoms with van der Waals surface area (Å²) in [6.07, 6.45) is 1.42. The minimum Gasteiger partial charge on any atom is -0.444 e. The number of carbonyl (C=O) groups excluding carboxylic acids is 4. The Balaban J connectivity index is 2.00. The molecule has 9 nitrogen and oxygen atoms in total. The third-order valence-electron chi connectivity index (χ3n) is 6.65. The molecule has 2 aromatic carbocycles. The highest BCUT2D eigenvalue weighted by Gasteiger charge is 2.48. The summed E-state index contributed by atoms with van der Waals surface area (Å²) < 4.78 is 5.39. The lowest BCUT2D eigenvalue weighted by Gasteiger charge is -2.35. The van der Waals surface area contributed by atoms with Gasteiger partial charge in [0, 0.05) is 19.0 Å². The van der Waals surface area contributed by atoms with Crippen molar-refractivity contribution in [2.24, 2.45) is 11.7 Å². The molecule has 1 saturated carbocycles. The van der Waals surface area contributed by atoms with Gasteiger partial charge in [0.05, 0.1) is 0 Å². The zero-order valence-electron chi connectivity index (χ0n) is 23.7. The van der Waals surface area contributed by atoms with Gasteiger partial charge >= 0.3 is 6.09 Å². The van der Waals surface area contributed by atoms with Crippen LogP contribution < -0.4 is 16.4 Å². The Morgan fingerprint density at radius 2 is 1.80 bits per heavy atom. The number of amides is 4. The van der Waals surface area contributed by atoms with E-state index in [4.69, 9.17) is 10.5 Å². The summed E-state index contributed by atoms with van der Waals surface area (Å²) in [6, 6.07) is 14.4. The molecule has 1 fully saturated rings. The van der Waals surface area contributed by atoms with Gasteiger partial charge < -0.3 is 26.0 Å². The largest absolute Gasteiger partial charge is 0.444 e. The van der Waals surface area contributed by atoms with Crippen LogP contribution >= 0.6 is 0 Å². The van der Waals surface area contributed by atoms with Gasteiger partial charge in [-0.25, -0.2) is 4.79 Å². The van der Waals surface area contributed by atoms with Crippen molar-refractivity contribution in [2.75, 3.05) is 0 Å². The minimum absolute atomic E-state index is 0.0317. The molecule has 2 aromatic rings. The van der Waals surface area contributed by atoms with Crippen molar-refractivity contribution < 1.29 is 23.9 Å². The molecule has 0 aromatic heterocycles. The molecule has 1 aliphatic rings. The molecule has 9 heteroatoms. The number of hydrogen-bond donors (Lipinski definition) is 3. The lowest BCUT2D eigenvalue weighted by atomic mass is 9.99. The molecular formula is C31H40N4O5. The van der Waals surface area contributed by atoms with Crippen LogP contribution in [0.4, 0.5) is 4.79 Å². The SMILES string of the molecule is C=Cc1cccc(C(C(=O)NCc2ccccc2)N(C(=O)C(CCC(N)=O)NC(=O)OC(C)(C)C)C2CC2C)c1. The zero-order valence-corrected chi connectivity index (χ0v) is 23.7. The topological polar surface area (TPSA) is 131 Å². The third-order valence-corrected chi connectivity index (χ3v) is 6.65. The number of hydrogen-bond acceptors (Lipinski definition) is 5. The van der Waals surface area contributed by atoms with Crippen molar-refractivity contribution in [1.29, 1.82) is 0 Å². The van der Waals surface area contributed by atoms with E-state index in [1.807, 2.05) is 55.5 Å². The number of nitrogens with one attached hydrogen (secondary N) is 2. The fourth-order valence-electron chi connectivity index (χ4n) is 4.52. The van der Waals surface area contributed by atoms with E-state index in [1.54, 1.807) is 37.8 Å². The number of alkyl carbamates (subject to hydrolysis) is 1. The smallest absolute Gasteiger partial charge is 0.408 e. The van der Waals surface area contributed by atoms with E-state index in [0.717, 1.165) is 11.1 Å². The van der Waals surface area contributed by atoms with E-state index in [9.17, 15) is 19.2 Å². The quantitative estimate of drug-likeness (QED) is 0.368. The maximum Gasteiger partial charge on any atom is 0.408 e. The van der Waals surface area contributed by atoms with Crippen molar-refractivity contribution in [3.05, 3.63) is 77.9 Å². The van der Waals surface area contributed by atoms with E-state index in [-0.39, 0.29) is 37.3 Å². The minimum atomic E-state index is -1.12. The maximum absolute atomic E-state index is 14.2. The maximum atomic E-state index is 14.2. The van der Waals surface area contributed by atoms with Crippen LogP contribution in [-0.4, -0.2) is 46.4 Å². The third kappa shape index (κ3) is 8.69. The second kappa shape index (κ2) is 13.3. The first-order valence-electron chi connectivity index (χ1n) is 13.5. The van der Waals surface area contributed by atoms with Gasteiger partial charge in [-0.2, -0.15) is 0 Å². The molecule has 4 amide bonds. The molecule has 3 rings (SSSR count). The monoisotopic (exact) mass is 548 g/mol. The second-order valence-electron chi connectivity index (χ2n) is 11.2. The summed E-state index contributed by atoms with van der Waals surface area (Å²) >= 11 is 0. The highest BCUT2D eigenvalue weighted by molar-refractivity contribution is 5.93. The van der Waals surface area contributed by atoms with Gasteiger partial charge in [-0.1, -0.05) is 68.1 Å². The first-order valence-corrected chi connectivity index (χ1v) is 13.5. The fraction of sp³-hybridized carbons (Fsp3) is 0.419. The normalized spacial score (nSPS) is 17.6. The van der Waals surface area contributed by atoms with Crippen molar-refractivity contribution >= 4 is 29.9 Å². The summed E-state index contributed by atoms with van der Waals surface area (Å²) in [5.41, 5.74) is 6.92. The van der Waals surface area contributed by atoms with Gasteiger partial charge in [0.15, 0.2) is 0 Å². The van der Waals surface area contributed by atoms with Crippen molar-refractivity contribution in [2.45, 2.75) is 77.2 Å². The molecule has 0 radical (unpaired) electrons. The van der Waals surface area contributed by atoms with Crippen LogP contribution in [0, 0.1) is 5.92 Å². The van der Waals surface area contributed by atoms with Gasteiger partial charge in [-0.05, 0) is 62.3 Å². The fourth-order valence-corrected chi connectivity index (χ4v) is 4.52. The Labute approximate surface area is 236 Å². The van der Waals surface area contributed by atoms with E-state index in [2.05, 4.69) is 17.2 Å². The molecule has 0 aliphatic heterocycles. The molecule has 4 atom stereocenters. The molecule has 4 unspecified atom stereocenters. The van der Waals surface area contributed by atoms with Crippen LogP contribution in [0.2, 0.25) is 0 Å². The summed E-state index contributed by atoms with van der Waals surface area (Å²) in [4.78, 5) is 54.0. The standard InChI is InChI=1S/C31H40N4O5/c1-6-21-13-10-14-23(18-21)27(28(37)33-19-22-11-8-7-9-12-22)35(25-17-20(25)2)29(38)24(15-16-26(32)36)34-30(39)40-31(3,4)5/h6-14,18,20,24-25,27H,1,15-17,19H2,2-5H3,(H2,32,36)(H,33,37)(H,34,39). The average molecular weight is 549 g/mol. The number of nitrogens with zero attached hydrogens (tertiary/aromatic N) is 1. The Hall–Kier alpha value is -4.14. The number of benzene rings is 2. The molecule has 40 heavy (non-hydrogen) atoms. The van der Waals surface area contributed by atoms with E-state index < -0.39 is 35.6 Å². The van der Waals surface area contributed by atoms with Gasteiger partial charge in [0.25, 0.3) is 0 Å². The molecule has 0 bridgehead atoms. The van der Waals surface area contributed by atoms with Crippen LogP contribution in [0.1, 0.15) is 69.7 Å². The molecule has 0 heterocycles. The Kier molecular flexibility index (Phi) is 10.1. The van der Waals surface area contributed by atoms with Crippen LogP contribution in [0.3, 0.4) is 0 Å². The van der Waals surface area contributed by atoms with E-state index in [1.165, 1.54) is 0 Å². The number of carbonyl (C=O) groups is 4. The lowest BCUT2D eigenvalue weighted by molar-refractivity contribution is -0.143. The predicted molar refractivity (Wildman–Crippen MR) is 154 cm³/mol. The van der Waals surface area contributed by atoms with Crippen LogP contribution in [0.25, 0.3) is 6.08 Å². The average Bonchev–Trinajstić information content (AvgIpc) is 3.62. The predicted octanol–water partition coefficient (Wildman–Crippen LogP) is 4.08. The van der Waals surface area contributed by atoms with Crippen LogP contribution in [-0.2, 0) is 25.7 Å². The summed E-state index contributed by atoms with van der Waals surface area (Å²) in [7, 11) is 0. The first kappa shape index (κ1) is 30.4. The molecule has 0 saturated heterocycles. The highest BCUT2D eigenvalue weighted by atomic mass is 16.6. The number of ether oxygens (including phenoxy) is 1. The van der Waals surface area contributed by atoms with Crippen molar-refractivity contribution in [3.63, 3.8) is 0 Å². The summed E-state index contributed by atoms with van der Waals surface area (Å²) in [6.45, 7) is 11.3. The molecule has 4 N–H and O–H groups in total. The van der Waals surface area contributed by atoms with Crippen LogP contribution in [0.5, 0.6) is 0 Å². The molecular weight excluding hydrogens is 508 g/mol. The van der Waals surface area contributed by atoms with Gasteiger partial charge in [0.1, 0.15) is 17.7 Å². The van der Waals surface area contributed by atoms with Crippen molar-refractivity contribution in [3.8, 4) is 0 Å².